The highest BCUT2D eigenvalue weighted by atomic mass is 19.1. The van der Waals surface area contributed by atoms with E-state index >= 15 is 0 Å². The fourth-order valence-electron chi connectivity index (χ4n) is 1.97. The monoisotopic (exact) mass is 257 g/mol. The zero-order valence-corrected chi connectivity index (χ0v) is 11.0. The molecule has 0 radical (unpaired) electrons. The molecule has 0 aliphatic carbocycles. The number of anilines is 1. The number of hydrogen-bond donors (Lipinski definition) is 1. The Morgan fingerprint density at radius 3 is 2.63 bits per heavy atom. The van der Waals surface area contributed by atoms with E-state index in [9.17, 15) is 9.18 Å². The van der Waals surface area contributed by atoms with Crippen molar-refractivity contribution < 1.29 is 9.18 Å². The minimum absolute atomic E-state index is 0.0969. The minimum atomic E-state index is -0.297. The van der Waals surface area contributed by atoms with Gasteiger partial charge >= 0.3 is 0 Å². The van der Waals surface area contributed by atoms with Crippen LogP contribution in [0.5, 0.6) is 0 Å². The molecule has 19 heavy (non-hydrogen) atoms. The third-order valence-electron chi connectivity index (χ3n) is 2.91. The van der Waals surface area contributed by atoms with Gasteiger partial charge in [0.2, 0.25) is 5.91 Å². The molecule has 2 nitrogen and oxygen atoms in total. The Balaban J connectivity index is 2.05. The van der Waals surface area contributed by atoms with Gasteiger partial charge in [-0.05, 0) is 43.2 Å². The smallest absolute Gasteiger partial charge is 0.228 e. The van der Waals surface area contributed by atoms with Crippen molar-refractivity contribution in [1.29, 1.82) is 0 Å². The van der Waals surface area contributed by atoms with E-state index in [0.29, 0.717) is 12.1 Å². The van der Waals surface area contributed by atoms with Gasteiger partial charge in [-0.15, -0.1) is 0 Å². The highest BCUT2D eigenvalue weighted by Gasteiger charge is 2.06. The summed E-state index contributed by atoms with van der Waals surface area (Å²) in [7, 11) is 0. The number of rotatable bonds is 3. The van der Waals surface area contributed by atoms with Gasteiger partial charge in [-0.2, -0.15) is 0 Å². The fourth-order valence-corrected chi connectivity index (χ4v) is 1.97. The predicted octanol–water partition coefficient (Wildman–Crippen LogP) is 3.62. The Hall–Kier alpha value is -2.16. The molecule has 0 spiro atoms. The Morgan fingerprint density at radius 1 is 1.16 bits per heavy atom. The maximum absolute atomic E-state index is 13.0. The van der Waals surface area contributed by atoms with Gasteiger partial charge in [-0.25, -0.2) is 4.39 Å². The van der Waals surface area contributed by atoms with Crippen LogP contribution in [0.4, 0.5) is 10.1 Å². The Bertz CT molecular complexity index is 607. The zero-order chi connectivity index (χ0) is 13.8. The number of carbonyl (C=O) groups is 1. The first kappa shape index (κ1) is 13.3. The average Bonchev–Trinajstić information content (AvgIpc) is 2.33. The van der Waals surface area contributed by atoms with Crippen molar-refractivity contribution in [3.8, 4) is 0 Å². The first-order chi connectivity index (χ1) is 9.04. The predicted molar refractivity (Wildman–Crippen MR) is 74.6 cm³/mol. The average molecular weight is 257 g/mol. The van der Waals surface area contributed by atoms with E-state index in [0.717, 1.165) is 16.7 Å². The molecule has 0 aliphatic heterocycles. The summed E-state index contributed by atoms with van der Waals surface area (Å²) in [6, 6.07) is 12.2. The van der Waals surface area contributed by atoms with Gasteiger partial charge in [-0.3, -0.25) is 4.79 Å². The lowest BCUT2D eigenvalue weighted by atomic mass is 10.1. The number of aryl methyl sites for hydroxylation is 2. The van der Waals surface area contributed by atoms with E-state index in [4.69, 9.17) is 0 Å². The normalized spacial score (nSPS) is 10.3. The number of hydrogen-bond acceptors (Lipinski definition) is 1. The van der Waals surface area contributed by atoms with Crippen molar-refractivity contribution in [3.05, 3.63) is 65.0 Å². The number of nitrogens with one attached hydrogen (secondary N) is 1. The van der Waals surface area contributed by atoms with Gasteiger partial charge in [0.25, 0.3) is 0 Å². The van der Waals surface area contributed by atoms with Crippen LogP contribution >= 0.6 is 0 Å². The summed E-state index contributed by atoms with van der Waals surface area (Å²) >= 11 is 0. The highest BCUT2D eigenvalue weighted by molar-refractivity contribution is 5.92. The van der Waals surface area contributed by atoms with Crippen molar-refractivity contribution in [2.24, 2.45) is 0 Å². The molecule has 98 valence electrons. The summed E-state index contributed by atoms with van der Waals surface area (Å²) in [5, 5.41) is 2.80. The molecule has 0 saturated carbocycles. The second-order valence-corrected chi connectivity index (χ2v) is 4.67. The van der Waals surface area contributed by atoms with E-state index < -0.39 is 0 Å². The van der Waals surface area contributed by atoms with Gasteiger partial charge in [0.05, 0.1) is 6.42 Å². The molecule has 0 atom stereocenters. The molecule has 2 aromatic carbocycles. The summed E-state index contributed by atoms with van der Waals surface area (Å²) in [4.78, 5) is 11.9. The molecule has 0 aromatic heterocycles. The van der Waals surface area contributed by atoms with E-state index in [1.807, 2.05) is 31.2 Å². The Labute approximate surface area is 112 Å². The molecule has 0 heterocycles. The second kappa shape index (κ2) is 5.65. The van der Waals surface area contributed by atoms with Crippen LogP contribution in [0.1, 0.15) is 16.7 Å². The fraction of sp³-hybridized carbons (Fsp3) is 0.188. The number of carbonyl (C=O) groups excluding carboxylic acids is 1. The Kier molecular flexibility index (Phi) is 3.95. The molecule has 0 fully saturated rings. The molecule has 2 aromatic rings. The topological polar surface area (TPSA) is 29.1 Å². The van der Waals surface area contributed by atoms with E-state index in [2.05, 4.69) is 5.32 Å². The SMILES string of the molecule is Cc1cccc(CC(=O)Nc2ccc(F)cc2C)c1. The van der Waals surface area contributed by atoms with Crippen molar-refractivity contribution in [2.45, 2.75) is 20.3 Å². The molecule has 0 unspecified atom stereocenters. The number of amides is 1. The standard InChI is InChI=1S/C16H16FNO/c1-11-4-3-5-13(8-11)10-16(19)18-15-7-6-14(17)9-12(15)2/h3-9H,10H2,1-2H3,(H,18,19). The largest absolute Gasteiger partial charge is 0.326 e. The summed E-state index contributed by atoms with van der Waals surface area (Å²) in [5.41, 5.74) is 3.47. The minimum Gasteiger partial charge on any atom is -0.326 e. The Morgan fingerprint density at radius 2 is 1.95 bits per heavy atom. The van der Waals surface area contributed by atoms with Gasteiger partial charge in [0.15, 0.2) is 0 Å². The molecule has 1 N–H and O–H groups in total. The van der Waals surface area contributed by atoms with Gasteiger partial charge in [0.1, 0.15) is 5.82 Å². The van der Waals surface area contributed by atoms with Crippen LogP contribution in [-0.4, -0.2) is 5.91 Å². The van der Waals surface area contributed by atoms with Crippen LogP contribution in [0, 0.1) is 19.7 Å². The lowest BCUT2D eigenvalue weighted by molar-refractivity contribution is -0.115. The lowest BCUT2D eigenvalue weighted by Gasteiger charge is -2.08. The van der Waals surface area contributed by atoms with E-state index in [-0.39, 0.29) is 11.7 Å². The molecule has 1 amide bonds. The number of benzene rings is 2. The van der Waals surface area contributed by atoms with Crippen LogP contribution in [0.15, 0.2) is 42.5 Å². The van der Waals surface area contributed by atoms with Crippen LogP contribution in [0.2, 0.25) is 0 Å². The maximum Gasteiger partial charge on any atom is 0.228 e. The van der Waals surface area contributed by atoms with Crippen LogP contribution in [-0.2, 0) is 11.2 Å². The first-order valence-corrected chi connectivity index (χ1v) is 6.16. The summed E-state index contributed by atoms with van der Waals surface area (Å²) in [6.07, 6.45) is 0.318. The first-order valence-electron chi connectivity index (χ1n) is 6.16. The lowest BCUT2D eigenvalue weighted by Crippen LogP contribution is -2.15. The number of halogens is 1. The third kappa shape index (κ3) is 3.65. The van der Waals surface area contributed by atoms with Gasteiger partial charge in [-0.1, -0.05) is 29.8 Å². The molecular formula is C16H16FNO. The maximum atomic E-state index is 13.0. The zero-order valence-electron chi connectivity index (χ0n) is 11.0. The summed E-state index contributed by atoms with van der Waals surface area (Å²) in [5.74, 6) is -0.394. The van der Waals surface area contributed by atoms with Gasteiger partial charge < -0.3 is 5.32 Å². The van der Waals surface area contributed by atoms with E-state index in [1.165, 1.54) is 12.1 Å². The van der Waals surface area contributed by atoms with Crippen molar-refractivity contribution in [3.63, 3.8) is 0 Å². The molecule has 2 rings (SSSR count). The second-order valence-electron chi connectivity index (χ2n) is 4.67. The quantitative estimate of drug-likeness (QED) is 0.894. The van der Waals surface area contributed by atoms with E-state index in [1.54, 1.807) is 13.0 Å². The molecule has 0 bridgehead atoms. The summed E-state index contributed by atoms with van der Waals surface area (Å²) in [6.45, 7) is 3.76. The van der Waals surface area contributed by atoms with Crippen LogP contribution in [0.3, 0.4) is 0 Å². The highest BCUT2D eigenvalue weighted by Crippen LogP contribution is 2.16. The molecule has 0 saturated heterocycles. The van der Waals surface area contributed by atoms with Crippen molar-refractivity contribution in [1.82, 2.24) is 0 Å². The van der Waals surface area contributed by atoms with Crippen molar-refractivity contribution >= 4 is 11.6 Å². The molecular weight excluding hydrogens is 241 g/mol. The van der Waals surface area contributed by atoms with Crippen LogP contribution in [0.25, 0.3) is 0 Å². The molecule has 3 heteroatoms. The molecule has 0 aliphatic rings. The van der Waals surface area contributed by atoms with Gasteiger partial charge in [0, 0.05) is 5.69 Å². The van der Waals surface area contributed by atoms with Crippen LogP contribution < -0.4 is 5.32 Å². The third-order valence-corrected chi connectivity index (χ3v) is 2.91. The van der Waals surface area contributed by atoms with Crippen molar-refractivity contribution in [2.75, 3.05) is 5.32 Å². The summed E-state index contributed by atoms with van der Waals surface area (Å²) < 4.78 is 13.0.